The number of hydrogen-bond acceptors (Lipinski definition) is 6. The van der Waals surface area contributed by atoms with E-state index in [4.69, 9.17) is 4.42 Å². The topological polar surface area (TPSA) is 73.8 Å². The summed E-state index contributed by atoms with van der Waals surface area (Å²) in [5, 5.41) is 8.54. The molecule has 6 nitrogen and oxygen atoms in total. The van der Waals surface area contributed by atoms with Gasteiger partial charge in [0.15, 0.2) is 5.16 Å². The Morgan fingerprint density at radius 1 is 1.14 bits per heavy atom. The van der Waals surface area contributed by atoms with Gasteiger partial charge in [-0.25, -0.2) is 13.8 Å². The number of aromatic nitrogens is 4. The summed E-state index contributed by atoms with van der Waals surface area (Å²) in [6.45, 7) is 3.87. The Hall–Kier alpha value is -3.07. The van der Waals surface area contributed by atoms with Gasteiger partial charge in [-0.15, -0.1) is 10.2 Å². The molecule has 0 aliphatic heterocycles. The first-order chi connectivity index (χ1) is 13.9. The number of fused-ring (bicyclic) bond motifs is 1. The Bertz CT molecular complexity index is 1250. The minimum atomic E-state index is -0.856. The van der Waals surface area contributed by atoms with E-state index in [0.717, 1.165) is 28.5 Å². The van der Waals surface area contributed by atoms with Gasteiger partial charge in [-0.2, -0.15) is 0 Å². The molecule has 2 heterocycles. The summed E-state index contributed by atoms with van der Waals surface area (Å²) in [5.74, 6) is -0.374. The molecule has 0 fully saturated rings. The van der Waals surface area contributed by atoms with Crippen LogP contribution in [-0.2, 0) is 5.75 Å². The zero-order valence-electron chi connectivity index (χ0n) is 15.6. The van der Waals surface area contributed by atoms with E-state index in [2.05, 4.69) is 15.2 Å². The van der Waals surface area contributed by atoms with Crippen LogP contribution in [0.3, 0.4) is 0 Å². The van der Waals surface area contributed by atoms with Crippen LogP contribution in [0, 0.1) is 11.6 Å². The summed E-state index contributed by atoms with van der Waals surface area (Å²) in [5.41, 5.74) is -0.0465. The Labute approximate surface area is 168 Å². The Kier molecular flexibility index (Phi) is 5.14. The van der Waals surface area contributed by atoms with Gasteiger partial charge in [0.1, 0.15) is 11.6 Å². The molecule has 2 aromatic heterocycles. The average Bonchev–Trinajstić information content (AvgIpc) is 3.17. The lowest BCUT2D eigenvalue weighted by Crippen LogP contribution is -2.22. The van der Waals surface area contributed by atoms with Gasteiger partial charge < -0.3 is 4.42 Å². The molecule has 0 unspecified atom stereocenters. The second-order valence-corrected chi connectivity index (χ2v) is 7.57. The van der Waals surface area contributed by atoms with E-state index < -0.39 is 17.2 Å². The van der Waals surface area contributed by atoms with Crippen molar-refractivity contribution in [3.63, 3.8) is 0 Å². The number of benzene rings is 2. The third-order valence-corrected chi connectivity index (χ3v) is 5.12. The normalized spacial score (nSPS) is 11.5. The summed E-state index contributed by atoms with van der Waals surface area (Å²) < 4.78 is 34.6. The van der Waals surface area contributed by atoms with Gasteiger partial charge in [-0.3, -0.25) is 9.36 Å². The van der Waals surface area contributed by atoms with Gasteiger partial charge in [0, 0.05) is 12.0 Å². The quantitative estimate of drug-likeness (QED) is 0.355. The number of thioether (sulfide) groups is 1. The second kappa shape index (κ2) is 7.75. The Morgan fingerprint density at radius 2 is 1.93 bits per heavy atom. The van der Waals surface area contributed by atoms with E-state index >= 15 is 0 Å². The van der Waals surface area contributed by atoms with Crippen molar-refractivity contribution in [2.24, 2.45) is 0 Å². The van der Waals surface area contributed by atoms with Crippen LogP contribution in [0.5, 0.6) is 0 Å². The fourth-order valence-electron chi connectivity index (χ4n) is 2.77. The van der Waals surface area contributed by atoms with Gasteiger partial charge in [-0.1, -0.05) is 37.7 Å². The molecule has 4 aromatic rings. The molecule has 29 heavy (non-hydrogen) atoms. The van der Waals surface area contributed by atoms with E-state index in [1.165, 1.54) is 6.07 Å². The molecule has 0 aliphatic carbocycles. The molecule has 0 N–H and O–H groups in total. The van der Waals surface area contributed by atoms with Gasteiger partial charge in [0.25, 0.3) is 5.56 Å². The fourth-order valence-corrected chi connectivity index (χ4v) is 3.61. The SMILES string of the molecule is CC(C)c1nnc(CSc2nc3ccccc3c(=O)n2-c2ccc(F)cc2F)o1. The van der Waals surface area contributed by atoms with Crippen molar-refractivity contribution in [2.75, 3.05) is 0 Å². The molecular weight excluding hydrogens is 398 g/mol. The molecule has 148 valence electrons. The Morgan fingerprint density at radius 3 is 2.66 bits per heavy atom. The van der Waals surface area contributed by atoms with Crippen LogP contribution < -0.4 is 5.56 Å². The molecule has 0 amide bonds. The molecular formula is C20H16F2N4O2S. The highest BCUT2D eigenvalue weighted by Crippen LogP contribution is 2.26. The lowest BCUT2D eigenvalue weighted by molar-refractivity contribution is 0.445. The minimum Gasteiger partial charge on any atom is -0.424 e. The van der Waals surface area contributed by atoms with Crippen LogP contribution in [0.1, 0.15) is 31.5 Å². The van der Waals surface area contributed by atoms with Gasteiger partial charge in [0.05, 0.1) is 22.3 Å². The van der Waals surface area contributed by atoms with E-state index in [1.807, 2.05) is 13.8 Å². The maximum absolute atomic E-state index is 14.5. The predicted molar refractivity (Wildman–Crippen MR) is 105 cm³/mol. The molecule has 0 spiro atoms. The van der Waals surface area contributed by atoms with Crippen LogP contribution in [0.4, 0.5) is 8.78 Å². The number of hydrogen-bond donors (Lipinski definition) is 0. The highest BCUT2D eigenvalue weighted by Gasteiger charge is 2.18. The van der Waals surface area contributed by atoms with Gasteiger partial charge in [0.2, 0.25) is 11.8 Å². The number of halogens is 2. The van der Waals surface area contributed by atoms with Crippen LogP contribution in [0.2, 0.25) is 0 Å². The van der Waals surface area contributed by atoms with Crippen LogP contribution in [0.15, 0.2) is 56.8 Å². The maximum Gasteiger partial charge on any atom is 0.266 e. The summed E-state index contributed by atoms with van der Waals surface area (Å²) in [6.07, 6.45) is 0. The molecule has 2 aromatic carbocycles. The van der Waals surface area contributed by atoms with Gasteiger partial charge in [-0.05, 0) is 24.3 Å². The summed E-state index contributed by atoms with van der Waals surface area (Å²) >= 11 is 1.16. The molecule has 0 atom stereocenters. The van der Waals surface area contributed by atoms with Crippen LogP contribution >= 0.6 is 11.8 Å². The van der Waals surface area contributed by atoms with E-state index in [-0.39, 0.29) is 22.5 Å². The maximum atomic E-state index is 14.5. The average molecular weight is 414 g/mol. The zero-order chi connectivity index (χ0) is 20.5. The predicted octanol–water partition coefficient (Wildman–Crippen LogP) is 4.46. The third-order valence-electron chi connectivity index (χ3n) is 4.20. The molecule has 0 aliphatic rings. The minimum absolute atomic E-state index is 0.0782. The van der Waals surface area contributed by atoms with Crippen molar-refractivity contribution in [3.05, 3.63) is 76.2 Å². The lowest BCUT2D eigenvalue weighted by atomic mass is 10.2. The first-order valence-corrected chi connectivity index (χ1v) is 9.85. The van der Waals surface area contributed by atoms with E-state index in [9.17, 15) is 13.6 Å². The standard InChI is InChI=1S/C20H16F2N4O2S/c1-11(2)18-25-24-17(28-18)10-29-20-23-15-6-4-3-5-13(15)19(27)26(20)16-8-7-12(21)9-14(16)22/h3-9,11H,10H2,1-2H3. The third kappa shape index (κ3) is 3.77. The van der Waals surface area contributed by atoms with Gasteiger partial charge >= 0.3 is 0 Å². The van der Waals surface area contributed by atoms with E-state index in [1.54, 1.807) is 24.3 Å². The molecule has 4 rings (SSSR count). The highest BCUT2D eigenvalue weighted by atomic mass is 32.2. The monoisotopic (exact) mass is 414 g/mol. The number of rotatable bonds is 5. The Balaban J connectivity index is 1.81. The summed E-state index contributed by atoms with van der Waals surface area (Å²) in [7, 11) is 0. The summed E-state index contributed by atoms with van der Waals surface area (Å²) in [4.78, 5) is 17.6. The fraction of sp³-hybridized carbons (Fsp3) is 0.200. The van der Waals surface area contributed by atoms with Crippen molar-refractivity contribution >= 4 is 22.7 Å². The molecule has 9 heteroatoms. The molecule has 0 radical (unpaired) electrons. The van der Waals surface area contributed by atoms with Crippen molar-refractivity contribution < 1.29 is 13.2 Å². The van der Waals surface area contributed by atoms with Crippen molar-refractivity contribution in [3.8, 4) is 5.69 Å². The smallest absolute Gasteiger partial charge is 0.266 e. The number of nitrogens with zero attached hydrogens (tertiary/aromatic N) is 4. The molecule has 0 saturated carbocycles. The zero-order valence-corrected chi connectivity index (χ0v) is 16.4. The summed E-state index contributed by atoms with van der Waals surface area (Å²) in [6, 6.07) is 9.84. The first kappa shape index (κ1) is 19.3. The lowest BCUT2D eigenvalue weighted by Gasteiger charge is -2.13. The largest absolute Gasteiger partial charge is 0.424 e. The van der Waals surface area contributed by atoms with Crippen molar-refractivity contribution in [1.82, 2.24) is 19.7 Å². The van der Waals surface area contributed by atoms with Crippen LogP contribution in [0.25, 0.3) is 16.6 Å². The number of para-hydroxylation sites is 1. The molecule has 0 bridgehead atoms. The first-order valence-electron chi connectivity index (χ1n) is 8.86. The van der Waals surface area contributed by atoms with Crippen molar-refractivity contribution in [2.45, 2.75) is 30.7 Å². The van der Waals surface area contributed by atoms with Crippen molar-refractivity contribution in [1.29, 1.82) is 0 Å². The highest BCUT2D eigenvalue weighted by molar-refractivity contribution is 7.98. The van der Waals surface area contributed by atoms with E-state index in [0.29, 0.717) is 22.7 Å². The second-order valence-electron chi connectivity index (χ2n) is 6.63. The van der Waals surface area contributed by atoms with Crippen LogP contribution in [-0.4, -0.2) is 19.7 Å². The molecule has 0 saturated heterocycles.